The Morgan fingerprint density at radius 1 is 1.24 bits per heavy atom. The number of aromatic nitrogens is 2. The van der Waals surface area contributed by atoms with Gasteiger partial charge in [0.1, 0.15) is 5.60 Å². The van der Waals surface area contributed by atoms with Crippen molar-refractivity contribution in [1.29, 1.82) is 0 Å². The normalized spacial score (nSPS) is 17.5. The molecule has 1 saturated carbocycles. The Morgan fingerprint density at radius 3 is 2.52 bits per heavy atom. The van der Waals surface area contributed by atoms with Gasteiger partial charge in [0.25, 0.3) is 0 Å². The second-order valence-corrected chi connectivity index (χ2v) is 5.40. The van der Waals surface area contributed by atoms with E-state index < -0.39 is 0 Å². The maximum absolute atomic E-state index is 11.8. The molecule has 0 aromatic carbocycles. The molecular weight excluding hydrogens is 268 g/mol. The van der Waals surface area contributed by atoms with E-state index in [4.69, 9.17) is 9.47 Å². The van der Waals surface area contributed by atoms with E-state index in [1.54, 1.807) is 13.1 Å². The Bertz CT molecular complexity index is 491. The van der Waals surface area contributed by atoms with E-state index >= 15 is 0 Å². The van der Waals surface area contributed by atoms with Gasteiger partial charge < -0.3 is 9.47 Å². The molecule has 0 unspecified atom stereocenters. The Hall–Kier alpha value is -1.49. The molecule has 1 aromatic heterocycles. The molecular formula is C16H24N2O3. The van der Waals surface area contributed by atoms with Gasteiger partial charge in [-0.1, -0.05) is 19.3 Å². The molecule has 0 aliphatic heterocycles. The van der Waals surface area contributed by atoms with Crippen molar-refractivity contribution in [3.8, 4) is 0 Å². The van der Waals surface area contributed by atoms with Gasteiger partial charge in [-0.3, -0.25) is 0 Å². The van der Waals surface area contributed by atoms with Crippen molar-refractivity contribution in [2.75, 3.05) is 13.2 Å². The first kappa shape index (κ1) is 15.9. The van der Waals surface area contributed by atoms with Crippen LogP contribution in [0.5, 0.6) is 0 Å². The number of rotatable bonds is 5. The van der Waals surface area contributed by atoms with Crippen LogP contribution in [0.25, 0.3) is 0 Å². The molecule has 0 amide bonds. The van der Waals surface area contributed by atoms with Crippen molar-refractivity contribution in [1.82, 2.24) is 9.97 Å². The SMILES string of the molecule is CCOC(=O)c1cnc(C2(OCC)CCCCC2)nc1C. The van der Waals surface area contributed by atoms with E-state index in [0.29, 0.717) is 30.3 Å². The molecule has 1 aliphatic rings. The van der Waals surface area contributed by atoms with Crippen LogP contribution in [0.15, 0.2) is 6.20 Å². The molecule has 0 atom stereocenters. The van der Waals surface area contributed by atoms with Crippen molar-refractivity contribution in [2.45, 2.75) is 58.5 Å². The first-order valence-electron chi connectivity index (χ1n) is 7.78. The van der Waals surface area contributed by atoms with E-state index in [-0.39, 0.29) is 11.6 Å². The van der Waals surface area contributed by atoms with Crippen molar-refractivity contribution >= 4 is 5.97 Å². The minimum Gasteiger partial charge on any atom is -0.462 e. The fraction of sp³-hybridized carbons (Fsp3) is 0.688. The second-order valence-electron chi connectivity index (χ2n) is 5.40. The molecule has 116 valence electrons. The minimum absolute atomic E-state index is 0.350. The third-order valence-electron chi connectivity index (χ3n) is 3.96. The number of esters is 1. The lowest BCUT2D eigenvalue weighted by Crippen LogP contribution is -2.35. The smallest absolute Gasteiger partial charge is 0.341 e. The molecule has 2 rings (SSSR count). The molecule has 0 radical (unpaired) electrons. The zero-order chi connectivity index (χ0) is 15.3. The second kappa shape index (κ2) is 6.98. The Kier molecular flexibility index (Phi) is 5.28. The number of hydrogen-bond donors (Lipinski definition) is 0. The largest absolute Gasteiger partial charge is 0.462 e. The van der Waals surface area contributed by atoms with Crippen LogP contribution >= 0.6 is 0 Å². The van der Waals surface area contributed by atoms with Gasteiger partial charge in [0, 0.05) is 12.8 Å². The fourth-order valence-corrected chi connectivity index (χ4v) is 2.93. The van der Waals surface area contributed by atoms with Crippen molar-refractivity contribution < 1.29 is 14.3 Å². The van der Waals surface area contributed by atoms with E-state index in [9.17, 15) is 4.79 Å². The van der Waals surface area contributed by atoms with Crippen LogP contribution in [-0.2, 0) is 15.1 Å². The Labute approximate surface area is 126 Å². The highest BCUT2D eigenvalue weighted by Gasteiger charge is 2.37. The third kappa shape index (κ3) is 3.40. The molecule has 0 spiro atoms. The van der Waals surface area contributed by atoms with Crippen molar-refractivity contribution in [2.24, 2.45) is 0 Å². The summed E-state index contributed by atoms with van der Waals surface area (Å²) in [7, 11) is 0. The summed E-state index contributed by atoms with van der Waals surface area (Å²) in [4.78, 5) is 20.8. The quantitative estimate of drug-likeness (QED) is 0.780. The van der Waals surface area contributed by atoms with Gasteiger partial charge in [0.15, 0.2) is 5.82 Å². The lowest BCUT2D eigenvalue weighted by Gasteiger charge is -2.35. The van der Waals surface area contributed by atoms with Crippen LogP contribution in [0.2, 0.25) is 0 Å². The Balaban J connectivity index is 2.30. The lowest BCUT2D eigenvalue weighted by atomic mass is 9.83. The van der Waals surface area contributed by atoms with Gasteiger partial charge in [0.2, 0.25) is 0 Å². The van der Waals surface area contributed by atoms with Crippen LogP contribution in [0.4, 0.5) is 0 Å². The molecule has 21 heavy (non-hydrogen) atoms. The van der Waals surface area contributed by atoms with Crippen LogP contribution in [0.3, 0.4) is 0 Å². The highest BCUT2D eigenvalue weighted by atomic mass is 16.5. The van der Waals surface area contributed by atoms with Gasteiger partial charge in [-0.05, 0) is 33.6 Å². The molecule has 0 bridgehead atoms. The molecule has 0 saturated heterocycles. The number of nitrogens with zero attached hydrogens (tertiary/aromatic N) is 2. The molecule has 1 fully saturated rings. The topological polar surface area (TPSA) is 61.3 Å². The summed E-state index contributed by atoms with van der Waals surface area (Å²) in [6, 6.07) is 0. The van der Waals surface area contributed by atoms with Gasteiger partial charge in [0.05, 0.1) is 17.9 Å². The predicted molar refractivity (Wildman–Crippen MR) is 79.1 cm³/mol. The van der Waals surface area contributed by atoms with Gasteiger partial charge in [-0.15, -0.1) is 0 Å². The maximum Gasteiger partial charge on any atom is 0.341 e. The fourth-order valence-electron chi connectivity index (χ4n) is 2.93. The monoisotopic (exact) mass is 292 g/mol. The highest BCUT2D eigenvalue weighted by Crippen LogP contribution is 2.38. The van der Waals surface area contributed by atoms with Crippen molar-refractivity contribution in [3.63, 3.8) is 0 Å². The van der Waals surface area contributed by atoms with Crippen LogP contribution in [0, 0.1) is 6.92 Å². The molecule has 0 N–H and O–H groups in total. The van der Waals surface area contributed by atoms with Crippen LogP contribution in [-0.4, -0.2) is 29.2 Å². The summed E-state index contributed by atoms with van der Waals surface area (Å²) in [5, 5.41) is 0. The van der Waals surface area contributed by atoms with Crippen LogP contribution < -0.4 is 0 Å². The van der Waals surface area contributed by atoms with Gasteiger partial charge >= 0.3 is 5.97 Å². The zero-order valence-corrected chi connectivity index (χ0v) is 13.1. The summed E-state index contributed by atoms with van der Waals surface area (Å²) in [6.07, 6.45) is 6.95. The summed E-state index contributed by atoms with van der Waals surface area (Å²) in [5.41, 5.74) is 0.705. The predicted octanol–water partition coefficient (Wildman–Crippen LogP) is 3.16. The maximum atomic E-state index is 11.8. The van der Waals surface area contributed by atoms with Gasteiger partial charge in [-0.25, -0.2) is 14.8 Å². The van der Waals surface area contributed by atoms with Crippen LogP contribution in [0.1, 0.15) is 67.8 Å². The lowest BCUT2D eigenvalue weighted by molar-refractivity contribution is -0.0768. The average Bonchev–Trinajstić information content (AvgIpc) is 2.48. The summed E-state index contributed by atoms with van der Waals surface area (Å²) in [5.74, 6) is 0.338. The van der Waals surface area contributed by atoms with Gasteiger partial charge in [-0.2, -0.15) is 0 Å². The highest BCUT2D eigenvalue weighted by molar-refractivity contribution is 5.90. The van der Waals surface area contributed by atoms with Crippen molar-refractivity contribution in [3.05, 3.63) is 23.3 Å². The summed E-state index contributed by atoms with van der Waals surface area (Å²) >= 11 is 0. The molecule has 1 aliphatic carbocycles. The number of carbonyl (C=O) groups excluding carboxylic acids is 1. The van der Waals surface area contributed by atoms with E-state index in [0.717, 1.165) is 25.7 Å². The molecule has 5 nitrogen and oxygen atoms in total. The first-order chi connectivity index (χ1) is 10.1. The zero-order valence-electron chi connectivity index (χ0n) is 13.1. The molecule has 5 heteroatoms. The van der Waals surface area contributed by atoms with E-state index in [1.165, 1.54) is 6.42 Å². The van der Waals surface area contributed by atoms with E-state index in [2.05, 4.69) is 9.97 Å². The average molecular weight is 292 g/mol. The number of aryl methyl sites for hydroxylation is 1. The molecule has 1 heterocycles. The summed E-state index contributed by atoms with van der Waals surface area (Å²) in [6.45, 7) is 6.59. The van der Waals surface area contributed by atoms with E-state index in [1.807, 2.05) is 13.8 Å². The third-order valence-corrected chi connectivity index (χ3v) is 3.96. The molecule has 1 aromatic rings. The Morgan fingerprint density at radius 2 is 1.95 bits per heavy atom. The number of carbonyl (C=O) groups is 1. The number of ether oxygens (including phenoxy) is 2. The number of hydrogen-bond acceptors (Lipinski definition) is 5. The first-order valence-corrected chi connectivity index (χ1v) is 7.78. The minimum atomic E-state index is -0.384. The summed E-state index contributed by atoms with van der Waals surface area (Å²) < 4.78 is 11.0. The standard InChI is InChI=1S/C16H24N2O3/c1-4-20-14(19)13-11-17-15(18-12(13)3)16(21-5-2)9-7-6-8-10-16/h11H,4-10H2,1-3H3.